The van der Waals surface area contributed by atoms with Crippen LogP contribution in [0.4, 0.5) is 0 Å². The molecule has 0 spiro atoms. The third kappa shape index (κ3) is 2.90. The Bertz CT molecular complexity index is 1040. The number of phenols is 2. The number of methoxy groups -OCH3 is 2. The Morgan fingerprint density at radius 1 is 1.04 bits per heavy atom. The summed E-state index contributed by atoms with van der Waals surface area (Å²) in [6.45, 7) is 4.97. The molecular weight excluding hydrogens is 354 g/mol. The molecule has 1 aliphatic rings. The predicted molar refractivity (Wildman–Crippen MR) is 112 cm³/mol. The molecule has 0 aromatic heterocycles. The minimum atomic E-state index is 0.0991. The van der Waals surface area contributed by atoms with Crippen molar-refractivity contribution in [1.29, 1.82) is 0 Å². The van der Waals surface area contributed by atoms with Crippen molar-refractivity contribution in [3.63, 3.8) is 0 Å². The topological polar surface area (TPSA) is 62.2 Å². The zero-order chi connectivity index (χ0) is 19.8. The zero-order valence-corrected chi connectivity index (χ0v) is 16.7. The van der Waals surface area contributed by atoms with E-state index in [1.807, 2.05) is 12.1 Å². The van der Waals surface area contributed by atoms with Crippen molar-refractivity contribution in [2.24, 2.45) is 0 Å². The summed E-state index contributed by atoms with van der Waals surface area (Å²) in [5.41, 5.74) is 2.16. The van der Waals surface area contributed by atoms with Gasteiger partial charge in [-0.15, -0.1) is 0 Å². The Kier molecular flexibility index (Phi) is 4.94. The molecule has 0 amide bonds. The molecule has 5 nitrogen and oxygen atoms in total. The van der Waals surface area contributed by atoms with Gasteiger partial charge in [0.25, 0.3) is 0 Å². The van der Waals surface area contributed by atoms with E-state index in [-0.39, 0.29) is 11.5 Å². The van der Waals surface area contributed by atoms with Gasteiger partial charge >= 0.3 is 0 Å². The van der Waals surface area contributed by atoms with E-state index in [1.165, 1.54) is 12.7 Å². The van der Waals surface area contributed by atoms with Gasteiger partial charge in [0, 0.05) is 24.0 Å². The highest BCUT2D eigenvalue weighted by atomic mass is 16.5. The van der Waals surface area contributed by atoms with Crippen LogP contribution in [0.3, 0.4) is 0 Å². The van der Waals surface area contributed by atoms with Crippen molar-refractivity contribution in [2.45, 2.75) is 32.7 Å². The number of benzene rings is 3. The SMILES string of the molecule is CCCCN1CCc2c(c(O)c(OC)c3c2ccc2cc(O)c(OC)cc23)C1. The molecule has 1 heterocycles. The fourth-order valence-electron chi connectivity index (χ4n) is 4.36. The molecule has 28 heavy (non-hydrogen) atoms. The summed E-state index contributed by atoms with van der Waals surface area (Å²) in [5, 5.41) is 25.0. The van der Waals surface area contributed by atoms with Gasteiger partial charge in [0.05, 0.1) is 14.2 Å². The number of phenolic OH excluding ortho intramolecular Hbond substituents is 2. The lowest BCUT2D eigenvalue weighted by molar-refractivity contribution is 0.245. The normalized spacial score (nSPS) is 14.4. The van der Waals surface area contributed by atoms with E-state index >= 15 is 0 Å². The lowest BCUT2D eigenvalue weighted by Gasteiger charge is -2.31. The van der Waals surface area contributed by atoms with Gasteiger partial charge in [-0.3, -0.25) is 4.90 Å². The van der Waals surface area contributed by atoms with Crippen LogP contribution in [0.15, 0.2) is 24.3 Å². The lowest BCUT2D eigenvalue weighted by atomic mass is 9.89. The fourth-order valence-corrected chi connectivity index (χ4v) is 4.36. The zero-order valence-electron chi connectivity index (χ0n) is 16.7. The van der Waals surface area contributed by atoms with Crippen LogP contribution in [0.5, 0.6) is 23.0 Å². The van der Waals surface area contributed by atoms with Gasteiger partial charge in [-0.2, -0.15) is 0 Å². The molecule has 0 saturated heterocycles. The smallest absolute Gasteiger partial charge is 0.169 e. The second-order valence-corrected chi connectivity index (χ2v) is 7.45. The minimum Gasteiger partial charge on any atom is -0.504 e. The van der Waals surface area contributed by atoms with Crippen molar-refractivity contribution in [3.05, 3.63) is 35.4 Å². The number of hydrogen-bond acceptors (Lipinski definition) is 5. The first-order chi connectivity index (χ1) is 13.6. The van der Waals surface area contributed by atoms with Crippen molar-refractivity contribution in [3.8, 4) is 23.0 Å². The van der Waals surface area contributed by atoms with E-state index in [4.69, 9.17) is 9.47 Å². The summed E-state index contributed by atoms with van der Waals surface area (Å²) in [4.78, 5) is 2.40. The second kappa shape index (κ2) is 7.40. The monoisotopic (exact) mass is 381 g/mol. The van der Waals surface area contributed by atoms with Gasteiger partial charge in [-0.1, -0.05) is 25.5 Å². The highest BCUT2D eigenvalue weighted by Crippen LogP contribution is 2.47. The maximum absolute atomic E-state index is 11.1. The van der Waals surface area contributed by atoms with Crippen LogP contribution in [-0.2, 0) is 13.0 Å². The summed E-state index contributed by atoms with van der Waals surface area (Å²) in [6, 6.07) is 7.59. The quantitative estimate of drug-likeness (QED) is 0.634. The number of hydrogen-bond donors (Lipinski definition) is 2. The molecule has 0 radical (unpaired) electrons. The van der Waals surface area contributed by atoms with E-state index in [0.29, 0.717) is 11.5 Å². The molecule has 0 saturated carbocycles. The van der Waals surface area contributed by atoms with Gasteiger partial charge in [0.15, 0.2) is 23.0 Å². The summed E-state index contributed by atoms with van der Waals surface area (Å²) in [6.07, 6.45) is 3.22. The van der Waals surface area contributed by atoms with Crippen LogP contribution in [0.25, 0.3) is 21.5 Å². The van der Waals surface area contributed by atoms with E-state index in [1.54, 1.807) is 13.2 Å². The van der Waals surface area contributed by atoms with Crippen molar-refractivity contribution in [2.75, 3.05) is 27.3 Å². The van der Waals surface area contributed by atoms with E-state index in [0.717, 1.165) is 66.0 Å². The largest absolute Gasteiger partial charge is 0.504 e. The first-order valence-electron chi connectivity index (χ1n) is 9.85. The molecule has 0 aliphatic carbocycles. The molecule has 0 fully saturated rings. The molecule has 5 heteroatoms. The third-order valence-electron chi connectivity index (χ3n) is 5.83. The molecule has 3 aromatic rings. The summed E-state index contributed by atoms with van der Waals surface area (Å²) in [5.74, 6) is 1.22. The molecule has 0 atom stereocenters. The van der Waals surface area contributed by atoms with Crippen LogP contribution in [0.1, 0.15) is 30.9 Å². The Hall–Kier alpha value is -2.66. The van der Waals surface area contributed by atoms with Crippen molar-refractivity contribution >= 4 is 21.5 Å². The van der Waals surface area contributed by atoms with Gasteiger partial charge in [0.2, 0.25) is 0 Å². The molecular formula is C23H27NO4. The first-order valence-corrected chi connectivity index (χ1v) is 9.85. The molecule has 2 N–H and O–H groups in total. The van der Waals surface area contributed by atoms with Gasteiger partial charge in [-0.05, 0) is 53.2 Å². The number of ether oxygens (including phenoxy) is 2. The van der Waals surface area contributed by atoms with Gasteiger partial charge in [0.1, 0.15) is 0 Å². The van der Waals surface area contributed by atoms with Crippen LogP contribution in [0, 0.1) is 0 Å². The van der Waals surface area contributed by atoms with Crippen LogP contribution in [-0.4, -0.2) is 42.4 Å². The molecule has 0 unspecified atom stereocenters. The predicted octanol–water partition coefficient (Wildman–Crippen LogP) is 4.58. The average Bonchev–Trinajstić information content (AvgIpc) is 2.71. The molecule has 3 aromatic carbocycles. The van der Waals surface area contributed by atoms with Crippen molar-refractivity contribution < 1.29 is 19.7 Å². The first kappa shape index (κ1) is 18.7. The number of nitrogens with zero attached hydrogens (tertiary/aromatic N) is 1. The number of aromatic hydroxyl groups is 2. The highest BCUT2D eigenvalue weighted by molar-refractivity contribution is 6.14. The van der Waals surface area contributed by atoms with E-state index < -0.39 is 0 Å². The Morgan fingerprint density at radius 3 is 2.57 bits per heavy atom. The van der Waals surface area contributed by atoms with Gasteiger partial charge in [-0.25, -0.2) is 0 Å². The van der Waals surface area contributed by atoms with Gasteiger partial charge < -0.3 is 19.7 Å². The standard InChI is InChI=1S/C23H27NO4/c1-4-5-9-24-10-8-15-16-7-6-14-11-19(25)20(27-2)12-17(14)21(16)23(28-3)22(26)18(15)13-24/h6-7,11-12,25-26H,4-5,8-10,13H2,1-3H3. The van der Waals surface area contributed by atoms with E-state index in [2.05, 4.69) is 17.9 Å². The summed E-state index contributed by atoms with van der Waals surface area (Å²) in [7, 11) is 3.13. The Labute approximate surface area is 165 Å². The summed E-state index contributed by atoms with van der Waals surface area (Å²) >= 11 is 0. The number of unbranched alkanes of at least 4 members (excludes halogenated alkanes) is 1. The Morgan fingerprint density at radius 2 is 1.86 bits per heavy atom. The number of fused-ring (bicyclic) bond motifs is 5. The maximum Gasteiger partial charge on any atom is 0.169 e. The average molecular weight is 381 g/mol. The summed E-state index contributed by atoms with van der Waals surface area (Å²) < 4.78 is 11.0. The molecule has 148 valence electrons. The minimum absolute atomic E-state index is 0.0991. The van der Waals surface area contributed by atoms with Crippen molar-refractivity contribution in [1.82, 2.24) is 4.90 Å². The maximum atomic E-state index is 11.1. The van der Waals surface area contributed by atoms with E-state index in [9.17, 15) is 10.2 Å². The molecule has 1 aliphatic heterocycles. The lowest BCUT2D eigenvalue weighted by Crippen LogP contribution is -2.31. The highest BCUT2D eigenvalue weighted by Gasteiger charge is 2.26. The molecule has 0 bridgehead atoms. The van der Waals surface area contributed by atoms with Crippen LogP contribution in [0.2, 0.25) is 0 Å². The molecule has 4 rings (SSSR count). The second-order valence-electron chi connectivity index (χ2n) is 7.45. The Balaban J connectivity index is 1.98. The van der Waals surface area contributed by atoms with Crippen LogP contribution >= 0.6 is 0 Å². The third-order valence-corrected chi connectivity index (χ3v) is 5.83. The number of rotatable bonds is 5. The fraction of sp³-hybridized carbons (Fsp3) is 0.391. The van der Waals surface area contributed by atoms with Crippen LogP contribution < -0.4 is 9.47 Å².